The predicted octanol–water partition coefficient (Wildman–Crippen LogP) is 8.87. The quantitative estimate of drug-likeness (QED) is 0.106. The van der Waals surface area contributed by atoms with Crippen molar-refractivity contribution in [1.82, 2.24) is 0 Å². The van der Waals surface area contributed by atoms with Crippen molar-refractivity contribution in [3.8, 4) is 5.75 Å². The van der Waals surface area contributed by atoms with E-state index in [2.05, 4.69) is 26.0 Å². The van der Waals surface area contributed by atoms with Crippen LogP contribution in [0.25, 0.3) is 0 Å². The molecule has 1 aliphatic heterocycles. The molecule has 52 heavy (non-hydrogen) atoms. The molecule has 1 aromatic carbocycles. The maximum Gasteiger partial charge on any atom is 0.453 e. The molecule has 5 fully saturated rings. The lowest BCUT2D eigenvalue weighted by atomic mass is 9.41. The molecule has 7 nitrogen and oxygen atoms in total. The molecular formula is C39H55F5O7S. The van der Waals surface area contributed by atoms with E-state index in [0.29, 0.717) is 55.3 Å². The molecule has 8 atom stereocenters. The second-order valence-corrected chi connectivity index (χ2v) is 18.7. The lowest BCUT2D eigenvalue weighted by molar-refractivity contribution is -0.284. The Hall–Kier alpha value is -1.80. The number of fused-ring (bicyclic) bond motifs is 5. The molecule has 13 heteroatoms. The molecule has 0 unspecified atom stereocenters. The van der Waals surface area contributed by atoms with Gasteiger partial charge in [0.2, 0.25) is 0 Å². The van der Waals surface area contributed by atoms with Gasteiger partial charge in [-0.1, -0.05) is 38.1 Å². The Kier molecular flexibility index (Phi) is 11.8. The van der Waals surface area contributed by atoms with Crippen LogP contribution in [0.5, 0.6) is 5.75 Å². The van der Waals surface area contributed by atoms with Crippen molar-refractivity contribution >= 4 is 9.84 Å². The van der Waals surface area contributed by atoms with Gasteiger partial charge < -0.3 is 23.7 Å². The topological polar surface area (TPSA) is 80.3 Å². The maximum atomic E-state index is 13.1. The number of halogens is 5. The monoisotopic (exact) mass is 762 g/mol. The molecule has 4 aliphatic carbocycles. The molecule has 0 bridgehead atoms. The first kappa shape index (κ1) is 39.9. The van der Waals surface area contributed by atoms with Gasteiger partial charge in [-0.15, -0.1) is 0 Å². The van der Waals surface area contributed by atoms with Crippen LogP contribution in [0, 0.1) is 34.5 Å². The van der Waals surface area contributed by atoms with Crippen molar-refractivity contribution in [2.75, 3.05) is 45.2 Å². The molecule has 0 aromatic heterocycles. The van der Waals surface area contributed by atoms with E-state index in [1.165, 1.54) is 24.8 Å². The third-order valence-corrected chi connectivity index (χ3v) is 15.3. The summed E-state index contributed by atoms with van der Waals surface area (Å²) in [6.45, 7) is 6.85. The Balaban J connectivity index is 1.09. The second kappa shape index (κ2) is 15.4. The van der Waals surface area contributed by atoms with Crippen LogP contribution in [-0.2, 0) is 28.8 Å². The normalized spacial score (nSPS) is 34.7. The van der Waals surface area contributed by atoms with Gasteiger partial charge in [0.1, 0.15) is 19.1 Å². The molecule has 294 valence electrons. The number of rotatable bonds is 14. The van der Waals surface area contributed by atoms with E-state index in [-0.39, 0.29) is 35.7 Å². The number of alkyl halides is 5. The van der Waals surface area contributed by atoms with Crippen LogP contribution < -0.4 is 4.74 Å². The van der Waals surface area contributed by atoms with Crippen LogP contribution in [-0.4, -0.2) is 77.6 Å². The van der Waals surface area contributed by atoms with Gasteiger partial charge in [-0.05, 0) is 109 Å². The number of allylic oxidation sites excluding steroid dienone is 1. The van der Waals surface area contributed by atoms with E-state index in [1.54, 1.807) is 19.3 Å². The van der Waals surface area contributed by atoms with Crippen LogP contribution >= 0.6 is 0 Å². The van der Waals surface area contributed by atoms with Crippen LogP contribution in [0.2, 0.25) is 0 Å². The third-order valence-electron chi connectivity index (χ3n) is 13.5. The van der Waals surface area contributed by atoms with E-state index in [9.17, 15) is 30.4 Å². The number of benzene rings is 1. The fourth-order valence-electron chi connectivity index (χ4n) is 11.0. The lowest BCUT2D eigenvalue weighted by Crippen LogP contribution is -2.58. The molecule has 1 saturated heterocycles. The Bertz CT molecular complexity index is 1490. The minimum absolute atomic E-state index is 0.0444. The average Bonchev–Trinajstić information content (AvgIpc) is 3.68. The van der Waals surface area contributed by atoms with E-state index >= 15 is 0 Å². The highest BCUT2D eigenvalue weighted by molar-refractivity contribution is 7.91. The van der Waals surface area contributed by atoms with E-state index in [0.717, 1.165) is 32.1 Å². The van der Waals surface area contributed by atoms with Gasteiger partial charge >= 0.3 is 12.1 Å². The Labute approximate surface area is 305 Å². The van der Waals surface area contributed by atoms with Crippen LogP contribution in [0.15, 0.2) is 36.4 Å². The van der Waals surface area contributed by atoms with Gasteiger partial charge in [-0.25, -0.2) is 8.42 Å². The van der Waals surface area contributed by atoms with Crippen molar-refractivity contribution in [2.45, 2.75) is 114 Å². The summed E-state index contributed by atoms with van der Waals surface area (Å²) in [4.78, 5) is 0. The smallest absolute Gasteiger partial charge is 0.453 e. The standard InChI is InChI=1S/C39H55F5O7S/c1-35-17-18-37(50-20-21-51-37)24-28(35)10-13-30-32-14-15-33(49-26-47-3)36(32,2)25-31(34(30)35)27-8-11-29(12-9-27)48-19-5-4-6-22-52(45,46)23-7-16-38(40,41)39(42,43)44/h4-5,8-9,11-12,28,30-34H,6-7,10,13-26H2,1-3H3/t28-,30-,31+,32-,33-,34+,35-,36-/m0/s1. The zero-order valence-electron chi connectivity index (χ0n) is 30.6. The summed E-state index contributed by atoms with van der Waals surface area (Å²) >= 11 is 0. The molecule has 1 heterocycles. The summed E-state index contributed by atoms with van der Waals surface area (Å²) in [7, 11) is -2.09. The Morgan fingerprint density at radius 2 is 1.63 bits per heavy atom. The molecule has 0 amide bonds. The molecule has 5 aliphatic rings. The van der Waals surface area contributed by atoms with Gasteiger partial charge in [0.05, 0.1) is 30.8 Å². The zero-order chi connectivity index (χ0) is 37.4. The number of sulfone groups is 1. The largest absolute Gasteiger partial charge is 0.490 e. The first-order chi connectivity index (χ1) is 24.5. The maximum absolute atomic E-state index is 13.1. The Morgan fingerprint density at radius 3 is 2.33 bits per heavy atom. The minimum atomic E-state index is -5.68. The highest BCUT2D eigenvalue weighted by atomic mass is 32.2. The zero-order valence-corrected chi connectivity index (χ0v) is 31.4. The van der Waals surface area contributed by atoms with Crippen molar-refractivity contribution in [2.24, 2.45) is 34.5 Å². The van der Waals surface area contributed by atoms with Crippen molar-refractivity contribution in [1.29, 1.82) is 0 Å². The van der Waals surface area contributed by atoms with Gasteiger partial charge in [0, 0.05) is 26.4 Å². The summed E-state index contributed by atoms with van der Waals surface area (Å²) in [5.74, 6) is -3.06. The SMILES string of the molecule is COCO[C@H]1CC[C@H]2[C@@H]3CC[C@H]4CC5(CC[C@]4(C)[C@H]3[C@@H](c3ccc(OCC=CCCS(=O)(=O)CCCC(F)(F)C(F)(F)F)cc3)C[C@]12C)OCCO5. The summed E-state index contributed by atoms with van der Waals surface area (Å²) in [6, 6.07) is 8.39. The fraction of sp³-hybridized carbons (Fsp3) is 0.795. The van der Waals surface area contributed by atoms with E-state index in [1.807, 2.05) is 12.1 Å². The minimum Gasteiger partial charge on any atom is -0.490 e. The van der Waals surface area contributed by atoms with Crippen molar-refractivity contribution in [3.63, 3.8) is 0 Å². The van der Waals surface area contributed by atoms with Gasteiger partial charge in [0.15, 0.2) is 15.6 Å². The number of methoxy groups -OCH3 is 1. The molecule has 0 radical (unpaired) electrons. The molecular weight excluding hydrogens is 707 g/mol. The lowest BCUT2D eigenvalue weighted by Gasteiger charge is -2.64. The number of hydrogen-bond acceptors (Lipinski definition) is 7. The molecule has 1 aromatic rings. The first-order valence-electron chi connectivity index (χ1n) is 18.9. The summed E-state index contributed by atoms with van der Waals surface area (Å²) in [6.07, 6.45) is 4.26. The molecule has 6 rings (SSSR count). The predicted molar refractivity (Wildman–Crippen MR) is 186 cm³/mol. The van der Waals surface area contributed by atoms with E-state index in [4.69, 9.17) is 23.7 Å². The highest BCUT2D eigenvalue weighted by Crippen LogP contribution is 2.70. The Morgan fingerprint density at radius 1 is 0.904 bits per heavy atom. The molecule has 1 spiro atoms. The number of ether oxygens (including phenoxy) is 5. The van der Waals surface area contributed by atoms with Crippen molar-refractivity contribution in [3.05, 3.63) is 42.0 Å². The fourth-order valence-corrected chi connectivity index (χ4v) is 12.3. The average molecular weight is 763 g/mol. The van der Waals surface area contributed by atoms with Crippen LogP contribution in [0.4, 0.5) is 22.0 Å². The number of hydrogen-bond donors (Lipinski definition) is 0. The van der Waals surface area contributed by atoms with Gasteiger partial charge in [-0.3, -0.25) is 0 Å². The van der Waals surface area contributed by atoms with Gasteiger partial charge in [0.25, 0.3) is 0 Å². The molecule has 4 saturated carbocycles. The summed E-state index contributed by atoms with van der Waals surface area (Å²) in [5.41, 5.74) is 1.52. The third kappa shape index (κ3) is 8.09. The first-order valence-corrected chi connectivity index (χ1v) is 20.8. The van der Waals surface area contributed by atoms with E-state index < -0.39 is 46.3 Å². The highest BCUT2D eigenvalue weighted by Gasteiger charge is 2.65. The second-order valence-electron chi connectivity index (χ2n) is 16.4. The van der Waals surface area contributed by atoms with Crippen LogP contribution in [0.3, 0.4) is 0 Å². The summed E-state index contributed by atoms with van der Waals surface area (Å²) in [5, 5.41) is 0. The molecule has 0 N–H and O–H groups in total. The van der Waals surface area contributed by atoms with Crippen molar-refractivity contribution < 1.29 is 54.1 Å². The van der Waals surface area contributed by atoms with Gasteiger partial charge in [-0.2, -0.15) is 22.0 Å². The summed E-state index contributed by atoms with van der Waals surface area (Å²) < 4.78 is 118. The van der Waals surface area contributed by atoms with Crippen LogP contribution in [0.1, 0.15) is 96.0 Å².